The predicted molar refractivity (Wildman–Crippen MR) is 81.2 cm³/mol. The van der Waals surface area contributed by atoms with Gasteiger partial charge in [0.25, 0.3) is 0 Å². The maximum Gasteiger partial charge on any atom is 0.223 e. The summed E-state index contributed by atoms with van der Waals surface area (Å²) in [5.41, 5.74) is 1.28. The van der Waals surface area contributed by atoms with Crippen LogP contribution in [0.3, 0.4) is 0 Å². The molecule has 2 aliphatic carbocycles. The zero-order chi connectivity index (χ0) is 13.8. The van der Waals surface area contributed by atoms with Crippen LogP contribution in [0.1, 0.15) is 63.0 Å². The molecule has 108 valence electrons. The summed E-state index contributed by atoms with van der Waals surface area (Å²) in [5, 5.41) is 3.37. The molecule has 1 atom stereocenters. The van der Waals surface area contributed by atoms with Gasteiger partial charge in [-0.25, -0.2) is 0 Å². The Labute approximate surface area is 122 Å². The fourth-order valence-corrected chi connectivity index (χ4v) is 3.54. The van der Waals surface area contributed by atoms with Gasteiger partial charge in [-0.05, 0) is 37.2 Å². The molecule has 1 aromatic carbocycles. The highest BCUT2D eigenvalue weighted by molar-refractivity contribution is 5.79. The lowest BCUT2D eigenvalue weighted by molar-refractivity contribution is -0.128. The number of nitrogens with one attached hydrogen (secondary N) is 1. The number of benzene rings is 1. The summed E-state index contributed by atoms with van der Waals surface area (Å²) >= 11 is 0. The minimum atomic E-state index is 0.226. The molecule has 3 rings (SSSR count). The Morgan fingerprint density at radius 1 is 0.950 bits per heavy atom. The highest BCUT2D eigenvalue weighted by atomic mass is 16.2. The lowest BCUT2D eigenvalue weighted by Crippen LogP contribution is -2.40. The van der Waals surface area contributed by atoms with Crippen molar-refractivity contribution in [3.63, 3.8) is 0 Å². The summed E-state index contributed by atoms with van der Waals surface area (Å²) in [4.78, 5) is 12.3. The molecule has 0 radical (unpaired) electrons. The maximum absolute atomic E-state index is 12.3. The molecule has 2 nitrogen and oxygen atoms in total. The molecule has 2 heteroatoms. The summed E-state index contributed by atoms with van der Waals surface area (Å²) in [6, 6.07) is 10.8. The lowest BCUT2D eigenvalue weighted by atomic mass is 9.79. The van der Waals surface area contributed by atoms with Crippen LogP contribution in [0.15, 0.2) is 30.3 Å². The van der Waals surface area contributed by atoms with Gasteiger partial charge in [-0.3, -0.25) is 4.79 Å². The van der Waals surface area contributed by atoms with Crippen molar-refractivity contribution in [1.29, 1.82) is 0 Å². The highest BCUT2D eigenvalue weighted by Crippen LogP contribution is 2.35. The first kappa shape index (κ1) is 13.7. The van der Waals surface area contributed by atoms with Gasteiger partial charge in [-0.1, -0.05) is 56.0 Å². The molecular weight excluding hydrogens is 246 g/mol. The van der Waals surface area contributed by atoms with Crippen molar-refractivity contribution in [3.05, 3.63) is 35.9 Å². The van der Waals surface area contributed by atoms with Crippen LogP contribution in [0.2, 0.25) is 0 Å². The van der Waals surface area contributed by atoms with Gasteiger partial charge in [0.15, 0.2) is 0 Å². The van der Waals surface area contributed by atoms with E-state index >= 15 is 0 Å². The quantitative estimate of drug-likeness (QED) is 0.872. The van der Waals surface area contributed by atoms with Crippen molar-refractivity contribution in [3.8, 4) is 0 Å². The van der Waals surface area contributed by atoms with E-state index in [4.69, 9.17) is 0 Å². The van der Waals surface area contributed by atoms with Crippen LogP contribution >= 0.6 is 0 Å². The fourth-order valence-electron chi connectivity index (χ4n) is 3.54. The van der Waals surface area contributed by atoms with E-state index in [9.17, 15) is 4.79 Å². The third-order valence-electron chi connectivity index (χ3n) is 5.05. The second-order valence-corrected chi connectivity index (χ2v) is 6.42. The van der Waals surface area contributed by atoms with Crippen molar-refractivity contribution >= 4 is 5.91 Å². The van der Waals surface area contributed by atoms with Gasteiger partial charge in [0.1, 0.15) is 0 Å². The van der Waals surface area contributed by atoms with Gasteiger partial charge in [0, 0.05) is 5.92 Å². The maximum atomic E-state index is 12.3. The summed E-state index contributed by atoms with van der Waals surface area (Å²) in [5.74, 6) is 1.19. The van der Waals surface area contributed by atoms with Crippen LogP contribution in [-0.4, -0.2) is 5.91 Å². The normalized spacial score (nSPS) is 22.0. The molecule has 0 aromatic heterocycles. The molecule has 0 bridgehead atoms. The molecule has 2 saturated carbocycles. The van der Waals surface area contributed by atoms with E-state index in [0.29, 0.717) is 5.92 Å². The number of carbonyl (C=O) groups is 1. The molecule has 0 spiro atoms. The molecule has 0 aliphatic heterocycles. The van der Waals surface area contributed by atoms with Gasteiger partial charge in [0.2, 0.25) is 5.91 Å². The Kier molecular flexibility index (Phi) is 4.39. The second kappa shape index (κ2) is 6.43. The van der Waals surface area contributed by atoms with Crippen LogP contribution in [0, 0.1) is 11.8 Å². The van der Waals surface area contributed by atoms with E-state index in [2.05, 4.69) is 35.6 Å². The Hall–Kier alpha value is -1.31. The first-order chi connectivity index (χ1) is 9.84. The van der Waals surface area contributed by atoms with Crippen molar-refractivity contribution in [2.24, 2.45) is 11.8 Å². The topological polar surface area (TPSA) is 29.1 Å². The van der Waals surface area contributed by atoms with Gasteiger partial charge in [-0.2, -0.15) is 0 Å². The average Bonchev–Trinajstić information content (AvgIpc) is 2.45. The minimum Gasteiger partial charge on any atom is -0.349 e. The highest BCUT2D eigenvalue weighted by Gasteiger charge is 2.31. The Morgan fingerprint density at radius 3 is 2.25 bits per heavy atom. The van der Waals surface area contributed by atoms with E-state index in [-0.39, 0.29) is 17.9 Å². The van der Waals surface area contributed by atoms with Crippen molar-refractivity contribution in [2.45, 2.75) is 57.4 Å². The van der Waals surface area contributed by atoms with Crippen LogP contribution in [0.4, 0.5) is 0 Å². The zero-order valence-electron chi connectivity index (χ0n) is 12.2. The number of amides is 1. The Balaban J connectivity index is 1.73. The van der Waals surface area contributed by atoms with E-state index in [1.165, 1.54) is 44.1 Å². The van der Waals surface area contributed by atoms with Crippen molar-refractivity contribution in [2.75, 3.05) is 0 Å². The first-order valence-electron chi connectivity index (χ1n) is 8.20. The van der Waals surface area contributed by atoms with Crippen LogP contribution in [0.5, 0.6) is 0 Å². The third kappa shape index (κ3) is 3.05. The largest absolute Gasteiger partial charge is 0.349 e. The zero-order valence-corrected chi connectivity index (χ0v) is 12.2. The molecular formula is C18H25NO. The van der Waals surface area contributed by atoms with E-state index in [0.717, 1.165) is 12.8 Å². The molecule has 2 fully saturated rings. The molecule has 20 heavy (non-hydrogen) atoms. The molecule has 1 N–H and O–H groups in total. The number of carbonyl (C=O) groups excluding carboxylic acids is 1. The number of hydrogen-bond acceptors (Lipinski definition) is 1. The summed E-state index contributed by atoms with van der Waals surface area (Å²) < 4.78 is 0. The standard InChI is InChI=1S/C18H25NO/c20-18(16-12-7-13-16)19-17(14-8-3-1-4-9-14)15-10-5-2-6-11-15/h1,3-4,8-9,15-17H,2,5-7,10-13H2,(H,19,20)/t17-/m0/s1. The smallest absolute Gasteiger partial charge is 0.223 e. The van der Waals surface area contributed by atoms with Gasteiger partial charge >= 0.3 is 0 Å². The predicted octanol–water partition coefficient (Wildman–Crippen LogP) is 4.22. The molecule has 1 amide bonds. The summed E-state index contributed by atoms with van der Waals surface area (Å²) in [6.45, 7) is 0. The van der Waals surface area contributed by atoms with Crippen LogP contribution in [-0.2, 0) is 4.79 Å². The van der Waals surface area contributed by atoms with Gasteiger partial charge < -0.3 is 5.32 Å². The minimum absolute atomic E-state index is 0.226. The molecule has 0 heterocycles. The SMILES string of the molecule is O=C(N[C@@H](c1ccccc1)C1CCCCC1)C1CCC1. The van der Waals surface area contributed by atoms with Crippen LogP contribution < -0.4 is 5.32 Å². The number of hydrogen-bond donors (Lipinski definition) is 1. The second-order valence-electron chi connectivity index (χ2n) is 6.42. The summed E-state index contributed by atoms with van der Waals surface area (Å²) in [6.07, 6.45) is 9.87. The van der Waals surface area contributed by atoms with Crippen LogP contribution in [0.25, 0.3) is 0 Å². The third-order valence-corrected chi connectivity index (χ3v) is 5.05. The monoisotopic (exact) mass is 271 g/mol. The van der Waals surface area contributed by atoms with Crippen molar-refractivity contribution < 1.29 is 4.79 Å². The average molecular weight is 271 g/mol. The van der Waals surface area contributed by atoms with E-state index in [1.807, 2.05) is 0 Å². The molecule has 1 aromatic rings. The van der Waals surface area contributed by atoms with E-state index < -0.39 is 0 Å². The Bertz CT molecular complexity index is 432. The molecule has 2 aliphatic rings. The summed E-state index contributed by atoms with van der Waals surface area (Å²) in [7, 11) is 0. The van der Waals surface area contributed by atoms with Crippen molar-refractivity contribution in [1.82, 2.24) is 5.32 Å². The Morgan fingerprint density at radius 2 is 1.65 bits per heavy atom. The van der Waals surface area contributed by atoms with E-state index in [1.54, 1.807) is 0 Å². The molecule has 0 saturated heterocycles. The van der Waals surface area contributed by atoms with Gasteiger partial charge in [0.05, 0.1) is 6.04 Å². The fraction of sp³-hybridized carbons (Fsp3) is 0.611. The lowest BCUT2D eigenvalue weighted by Gasteiger charge is -2.34. The first-order valence-corrected chi connectivity index (χ1v) is 8.20. The number of rotatable bonds is 4. The van der Waals surface area contributed by atoms with Gasteiger partial charge in [-0.15, -0.1) is 0 Å². The molecule has 0 unspecified atom stereocenters.